The molecule has 1 saturated heterocycles. The van der Waals surface area contributed by atoms with Crippen molar-refractivity contribution in [3.05, 3.63) is 77.3 Å². The van der Waals surface area contributed by atoms with Crippen molar-refractivity contribution in [3.8, 4) is 5.69 Å². The Morgan fingerprint density at radius 1 is 0.968 bits per heavy atom. The molecule has 31 heavy (non-hydrogen) atoms. The molecule has 8 heteroatoms. The number of aromatic nitrogens is 4. The van der Waals surface area contributed by atoms with Gasteiger partial charge in [-0.15, -0.1) is 0 Å². The molecule has 4 aromatic rings. The molecule has 156 valence electrons. The smallest absolute Gasteiger partial charge is 0.254 e. The SMILES string of the molecule is Cc1nc2cccnc2n1-c1cc(C(=O)N2CCN(c3ccccn3)CC2)ccc1Cl. The number of fused-ring (bicyclic) bond motifs is 1. The van der Waals surface area contributed by atoms with Crippen molar-refractivity contribution in [1.82, 2.24) is 24.4 Å². The summed E-state index contributed by atoms with van der Waals surface area (Å²) in [6.07, 6.45) is 3.52. The third-order valence-corrected chi connectivity index (χ3v) is 5.88. The van der Waals surface area contributed by atoms with Crippen molar-refractivity contribution < 1.29 is 4.79 Å². The summed E-state index contributed by atoms with van der Waals surface area (Å²) in [7, 11) is 0. The number of imidazole rings is 1. The predicted molar refractivity (Wildman–Crippen MR) is 121 cm³/mol. The first-order valence-corrected chi connectivity index (χ1v) is 10.5. The Hall–Kier alpha value is -3.45. The largest absolute Gasteiger partial charge is 0.353 e. The van der Waals surface area contributed by atoms with Crippen LogP contribution in [-0.2, 0) is 0 Å². The minimum Gasteiger partial charge on any atom is -0.353 e. The van der Waals surface area contributed by atoms with Gasteiger partial charge >= 0.3 is 0 Å². The maximum absolute atomic E-state index is 13.2. The number of amides is 1. The van der Waals surface area contributed by atoms with Crippen LogP contribution in [0.3, 0.4) is 0 Å². The molecule has 0 aliphatic carbocycles. The van der Waals surface area contributed by atoms with Gasteiger partial charge in [0.25, 0.3) is 5.91 Å². The highest BCUT2D eigenvalue weighted by Gasteiger charge is 2.24. The Kier molecular flexibility index (Phi) is 5.03. The van der Waals surface area contributed by atoms with E-state index >= 15 is 0 Å². The molecule has 0 bridgehead atoms. The fourth-order valence-corrected chi connectivity index (χ4v) is 4.20. The van der Waals surface area contributed by atoms with E-state index in [9.17, 15) is 4.79 Å². The molecule has 1 aliphatic rings. The van der Waals surface area contributed by atoms with E-state index in [-0.39, 0.29) is 5.91 Å². The fraction of sp³-hybridized carbons (Fsp3) is 0.217. The second-order valence-electron chi connectivity index (χ2n) is 7.47. The fourth-order valence-electron chi connectivity index (χ4n) is 3.99. The molecule has 1 aromatic carbocycles. The number of carbonyl (C=O) groups excluding carboxylic acids is 1. The van der Waals surface area contributed by atoms with Crippen LogP contribution in [0.2, 0.25) is 5.02 Å². The molecule has 5 rings (SSSR count). The van der Waals surface area contributed by atoms with E-state index in [4.69, 9.17) is 11.6 Å². The van der Waals surface area contributed by atoms with E-state index in [0.717, 1.165) is 35.9 Å². The topological polar surface area (TPSA) is 67.2 Å². The normalized spacial score (nSPS) is 14.3. The average Bonchev–Trinajstić information content (AvgIpc) is 3.15. The van der Waals surface area contributed by atoms with E-state index in [0.29, 0.717) is 29.4 Å². The third-order valence-electron chi connectivity index (χ3n) is 5.56. The van der Waals surface area contributed by atoms with Crippen LogP contribution >= 0.6 is 11.6 Å². The molecule has 0 spiro atoms. The van der Waals surface area contributed by atoms with Crippen molar-refractivity contribution in [1.29, 1.82) is 0 Å². The Labute approximate surface area is 184 Å². The zero-order valence-corrected chi connectivity index (χ0v) is 17.8. The van der Waals surface area contributed by atoms with Crippen LogP contribution in [0.1, 0.15) is 16.2 Å². The minimum atomic E-state index is -0.00591. The van der Waals surface area contributed by atoms with Crippen LogP contribution in [0.4, 0.5) is 5.82 Å². The minimum absolute atomic E-state index is 0.00591. The number of halogens is 1. The number of hydrogen-bond donors (Lipinski definition) is 0. The molecule has 4 heterocycles. The highest BCUT2D eigenvalue weighted by molar-refractivity contribution is 6.32. The zero-order chi connectivity index (χ0) is 21.4. The first-order chi connectivity index (χ1) is 15.1. The van der Waals surface area contributed by atoms with Crippen molar-refractivity contribution in [3.63, 3.8) is 0 Å². The molecule has 1 aliphatic heterocycles. The Balaban J connectivity index is 1.40. The van der Waals surface area contributed by atoms with Gasteiger partial charge in [0.1, 0.15) is 17.2 Å². The van der Waals surface area contributed by atoms with Gasteiger partial charge in [-0.05, 0) is 49.4 Å². The van der Waals surface area contributed by atoms with Crippen LogP contribution in [0.5, 0.6) is 0 Å². The van der Waals surface area contributed by atoms with Gasteiger partial charge in [0.2, 0.25) is 0 Å². The summed E-state index contributed by atoms with van der Waals surface area (Å²) in [4.78, 5) is 30.7. The summed E-state index contributed by atoms with van der Waals surface area (Å²) in [5.41, 5.74) is 2.81. The van der Waals surface area contributed by atoms with E-state index < -0.39 is 0 Å². The standard InChI is InChI=1S/C23H21ClN6O/c1-16-27-19-5-4-10-26-22(19)30(16)20-15-17(7-8-18(20)24)23(31)29-13-11-28(12-14-29)21-6-2-3-9-25-21/h2-10,15H,11-14H2,1H3. The summed E-state index contributed by atoms with van der Waals surface area (Å²) in [5, 5.41) is 0.546. The lowest BCUT2D eigenvalue weighted by Crippen LogP contribution is -2.49. The number of nitrogens with zero attached hydrogens (tertiary/aromatic N) is 6. The molecular weight excluding hydrogens is 412 g/mol. The third kappa shape index (κ3) is 3.61. The van der Waals surface area contributed by atoms with Crippen LogP contribution in [0.25, 0.3) is 16.9 Å². The molecule has 7 nitrogen and oxygen atoms in total. The average molecular weight is 433 g/mol. The lowest BCUT2D eigenvalue weighted by atomic mass is 10.1. The first-order valence-electron chi connectivity index (χ1n) is 10.2. The van der Waals surface area contributed by atoms with Crippen LogP contribution < -0.4 is 4.90 Å². The summed E-state index contributed by atoms with van der Waals surface area (Å²) in [6, 6.07) is 15.0. The lowest BCUT2D eigenvalue weighted by molar-refractivity contribution is 0.0746. The van der Waals surface area contributed by atoms with Crippen LogP contribution in [0, 0.1) is 6.92 Å². The molecular formula is C23H21ClN6O. The highest BCUT2D eigenvalue weighted by Crippen LogP contribution is 2.27. The van der Waals surface area contributed by atoms with Gasteiger partial charge in [0.05, 0.1) is 10.7 Å². The van der Waals surface area contributed by atoms with Crippen molar-refractivity contribution in [2.75, 3.05) is 31.1 Å². The molecule has 0 N–H and O–H groups in total. The number of rotatable bonds is 3. The van der Waals surface area contributed by atoms with Gasteiger partial charge in [0.15, 0.2) is 5.65 Å². The lowest BCUT2D eigenvalue weighted by Gasteiger charge is -2.35. The molecule has 1 amide bonds. The van der Waals surface area contributed by atoms with Gasteiger partial charge in [-0.25, -0.2) is 15.0 Å². The molecule has 1 fully saturated rings. The van der Waals surface area contributed by atoms with Gasteiger partial charge in [0, 0.05) is 44.1 Å². The molecule has 0 radical (unpaired) electrons. The van der Waals surface area contributed by atoms with E-state index in [1.165, 1.54) is 0 Å². The van der Waals surface area contributed by atoms with E-state index in [1.54, 1.807) is 24.5 Å². The number of hydrogen-bond acceptors (Lipinski definition) is 5. The Bertz CT molecular complexity index is 1250. The number of carbonyl (C=O) groups is 1. The summed E-state index contributed by atoms with van der Waals surface area (Å²) in [6.45, 7) is 4.68. The van der Waals surface area contributed by atoms with Crippen LogP contribution in [-0.4, -0.2) is 56.5 Å². The number of anilines is 1. The van der Waals surface area contributed by atoms with Gasteiger partial charge < -0.3 is 9.80 Å². The first kappa shape index (κ1) is 19.5. The predicted octanol–water partition coefficient (Wildman–Crippen LogP) is 3.74. The second kappa shape index (κ2) is 8.00. The van der Waals surface area contributed by atoms with Gasteiger partial charge in [-0.2, -0.15) is 0 Å². The highest BCUT2D eigenvalue weighted by atomic mass is 35.5. The van der Waals surface area contributed by atoms with Gasteiger partial charge in [-0.3, -0.25) is 9.36 Å². The quantitative estimate of drug-likeness (QED) is 0.493. The van der Waals surface area contributed by atoms with Crippen molar-refractivity contribution >= 4 is 34.5 Å². The maximum Gasteiger partial charge on any atom is 0.254 e. The molecule has 0 atom stereocenters. The number of pyridine rings is 2. The number of piperazine rings is 1. The molecule has 3 aromatic heterocycles. The zero-order valence-electron chi connectivity index (χ0n) is 17.1. The summed E-state index contributed by atoms with van der Waals surface area (Å²) < 4.78 is 1.90. The van der Waals surface area contributed by atoms with E-state index in [1.807, 2.05) is 52.8 Å². The second-order valence-corrected chi connectivity index (χ2v) is 7.88. The number of benzene rings is 1. The summed E-state index contributed by atoms with van der Waals surface area (Å²) >= 11 is 6.52. The Morgan fingerprint density at radius 3 is 2.55 bits per heavy atom. The van der Waals surface area contributed by atoms with Crippen LogP contribution in [0.15, 0.2) is 60.9 Å². The van der Waals surface area contributed by atoms with E-state index in [2.05, 4.69) is 19.9 Å². The molecule has 0 saturated carbocycles. The summed E-state index contributed by atoms with van der Waals surface area (Å²) in [5.74, 6) is 1.70. The maximum atomic E-state index is 13.2. The molecule has 0 unspecified atom stereocenters. The number of aryl methyl sites for hydroxylation is 1. The Morgan fingerprint density at radius 2 is 1.77 bits per heavy atom. The van der Waals surface area contributed by atoms with Gasteiger partial charge in [-0.1, -0.05) is 17.7 Å². The van der Waals surface area contributed by atoms with Crippen molar-refractivity contribution in [2.45, 2.75) is 6.92 Å². The monoisotopic (exact) mass is 432 g/mol. The van der Waals surface area contributed by atoms with Crippen molar-refractivity contribution in [2.24, 2.45) is 0 Å².